The van der Waals surface area contributed by atoms with Gasteiger partial charge in [-0.2, -0.15) is 0 Å². The number of aromatic nitrogens is 1. The molecule has 0 aliphatic rings. The Morgan fingerprint density at radius 3 is 2.38 bits per heavy atom. The minimum absolute atomic E-state index is 0.134. The van der Waals surface area contributed by atoms with Crippen LogP contribution in [0.5, 0.6) is 0 Å². The van der Waals surface area contributed by atoms with Crippen LogP contribution in [0.2, 0.25) is 0 Å². The van der Waals surface area contributed by atoms with Gasteiger partial charge in [-0.15, -0.1) is 0 Å². The molecule has 0 aliphatic carbocycles. The van der Waals surface area contributed by atoms with Crippen LogP contribution in [0.15, 0.2) is 35.2 Å². The number of carbonyl (C=O) groups excluding carboxylic acids is 1. The van der Waals surface area contributed by atoms with Crippen molar-refractivity contribution in [3.05, 3.63) is 52.7 Å². The summed E-state index contributed by atoms with van der Waals surface area (Å²) in [4.78, 5) is 16.8. The highest BCUT2D eigenvalue weighted by Gasteiger charge is 2.23. The molecule has 7 heteroatoms. The number of pyridine rings is 1. The molecule has 24 heavy (non-hydrogen) atoms. The van der Waals surface area contributed by atoms with Crippen molar-refractivity contribution in [2.45, 2.75) is 25.7 Å². The van der Waals surface area contributed by atoms with E-state index in [1.165, 1.54) is 20.2 Å². The molecule has 128 valence electrons. The lowest BCUT2D eigenvalue weighted by molar-refractivity contribution is 0.102. The maximum absolute atomic E-state index is 12.5. The molecule has 2 aromatic rings. The Labute approximate surface area is 142 Å². The highest BCUT2D eigenvalue weighted by molar-refractivity contribution is 7.89. The summed E-state index contributed by atoms with van der Waals surface area (Å²) in [6.45, 7) is 5.34. The molecule has 0 unspecified atom stereocenters. The second-order valence-corrected chi connectivity index (χ2v) is 7.94. The van der Waals surface area contributed by atoms with Crippen LogP contribution >= 0.6 is 0 Å². The van der Waals surface area contributed by atoms with E-state index in [0.717, 1.165) is 15.6 Å². The van der Waals surface area contributed by atoms with Crippen LogP contribution in [0.25, 0.3) is 0 Å². The summed E-state index contributed by atoms with van der Waals surface area (Å²) in [5.74, 6) is 0.0293. The molecule has 2 rings (SSSR count). The van der Waals surface area contributed by atoms with Crippen LogP contribution in [0.4, 0.5) is 5.82 Å². The lowest BCUT2D eigenvalue weighted by Gasteiger charge is -2.16. The standard InChI is InChI=1S/C17H21N3O3S/c1-11-9-14(10-15(13(11)3)24(22,23)20(4)5)17(21)19-16-8-6-7-12(2)18-16/h6-10H,1-5H3,(H,18,19,21). The van der Waals surface area contributed by atoms with Gasteiger partial charge in [0, 0.05) is 25.4 Å². The van der Waals surface area contributed by atoms with Crippen molar-refractivity contribution < 1.29 is 13.2 Å². The molecule has 1 amide bonds. The van der Waals surface area contributed by atoms with Crippen molar-refractivity contribution in [2.75, 3.05) is 19.4 Å². The predicted molar refractivity (Wildman–Crippen MR) is 93.7 cm³/mol. The first kappa shape index (κ1) is 18.1. The first-order valence-corrected chi connectivity index (χ1v) is 8.85. The minimum atomic E-state index is -3.63. The zero-order chi connectivity index (χ0) is 18.1. The number of hydrogen-bond acceptors (Lipinski definition) is 4. The van der Waals surface area contributed by atoms with Gasteiger partial charge in [-0.25, -0.2) is 17.7 Å². The summed E-state index contributed by atoms with van der Waals surface area (Å²) >= 11 is 0. The molecule has 1 N–H and O–H groups in total. The number of nitrogens with one attached hydrogen (secondary N) is 1. The fourth-order valence-corrected chi connectivity index (χ4v) is 3.44. The lowest BCUT2D eigenvalue weighted by atomic mass is 10.1. The van der Waals surface area contributed by atoms with E-state index < -0.39 is 15.9 Å². The number of anilines is 1. The first-order valence-electron chi connectivity index (χ1n) is 7.41. The average Bonchev–Trinajstić information content (AvgIpc) is 2.49. The van der Waals surface area contributed by atoms with Crippen molar-refractivity contribution in [3.8, 4) is 0 Å². The van der Waals surface area contributed by atoms with E-state index in [9.17, 15) is 13.2 Å². The maximum atomic E-state index is 12.5. The van der Waals surface area contributed by atoms with E-state index >= 15 is 0 Å². The van der Waals surface area contributed by atoms with E-state index in [1.54, 1.807) is 32.0 Å². The molecule has 1 aromatic carbocycles. The van der Waals surface area contributed by atoms with Crippen LogP contribution < -0.4 is 5.32 Å². The number of hydrogen-bond donors (Lipinski definition) is 1. The van der Waals surface area contributed by atoms with Crippen LogP contribution in [-0.2, 0) is 10.0 Å². The second kappa shape index (κ2) is 6.70. The fraction of sp³-hybridized carbons (Fsp3) is 0.294. The van der Waals surface area contributed by atoms with Gasteiger partial charge in [0.05, 0.1) is 4.90 Å². The summed E-state index contributed by atoms with van der Waals surface area (Å²) in [7, 11) is -0.696. The molecule has 0 saturated heterocycles. The molecule has 0 aliphatic heterocycles. The largest absolute Gasteiger partial charge is 0.307 e. The molecule has 0 bridgehead atoms. The third-order valence-corrected chi connectivity index (χ3v) is 5.71. The van der Waals surface area contributed by atoms with Gasteiger partial charge in [-0.1, -0.05) is 6.07 Å². The topological polar surface area (TPSA) is 79.4 Å². The van der Waals surface area contributed by atoms with Gasteiger partial charge in [0.25, 0.3) is 5.91 Å². The van der Waals surface area contributed by atoms with Crippen molar-refractivity contribution >= 4 is 21.7 Å². The quantitative estimate of drug-likeness (QED) is 0.922. The Morgan fingerprint density at radius 2 is 1.79 bits per heavy atom. The Balaban J connectivity index is 2.45. The van der Waals surface area contributed by atoms with E-state index in [4.69, 9.17) is 0 Å². The highest BCUT2D eigenvalue weighted by Crippen LogP contribution is 2.23. The minimum Gasteiger partial charge on any atom is -0.307 e. The molecule has 0 saturated carbocycles. The molecule has 0 fully saturated rings. The van der Waals surface area contributed by atoms with Gasteiger partial charge >= 0.3 is 0 Å². The number of sulfonamides is 1. The smallest absolute Gasteiger partial charge is 0.256 e. The van der Waals surface area contributed by atoms with E-state index in [0.29, 0.717) is 11.4 Å². The summed E-state index contributed by atoms with van der Waals surface area (Å²) in [6.07, 6.45) is 0. The van der Waals surface area contributed by atoms with Crippen molar-refractivity contribution in [1.29, 1.82) is 0 Å². The Kier molecular flexibility index (Phi) is 5.05. The average molecular weight is 347 g/mol. The first-order chi connectivity index (χ1) is 11.1. The van der Waals surface area contributed by atoms with Crippen molar-refractivity contribution in [1.82, 2.24) is 9.29 Å². The number of amides is 1. The van der Waals surface area contributed by atoms with E-state index in [-0.39, 0.29) is 10.5 Å². The van der Waals surface area contributed by atoms with Gasteiger partial charge < -0.3 is 5.32 Å². The number of benzene rings is 1. The number of aryl methyl sites for hydroxylation is 2. The van der Waals surface area contributed by atoms with Crippen LogP contribution in [0, 0.1) is 20.8 Å². The van der Waals surface area contributed by atoms with Crippen LogP contribution in [-0.4, -0.2) is 37.7 Å². The van der Waals surface area contributed by atoms with Gasteiger partial charge in [-0.3, -0.25) is 4.79 Å². The molecular formula is C17H21N3O3S. The summed E-state index contributed by atoms with van der Waals surface area (Å²) in [5.41, 5.74) is 2.43. The lowest BCUT2D eigenvalue weighted by Crippen LogP contribution is -2.24. The molecule has 0 atom stereocenters. The highest BCUT2D eigenvalue weighted by atomic mass is 32.2. The van der Waals surface area contributed by atoms with Crippen molar-refractivity contribution in [2.24, 2.45) is 0 Å². The third kappa shape index (κ3) is 3.63. The van der Waals surface area contributed by atoms with E-state index in [1.807, 2.05) is 13.0 Å². The maximum Gasteiger partial charge on any atom is 0.256 e. The Bertz CT molecular complexity index is 890. The summed E-state index contributed by atoms with van der Waals surface area (Å²) in [6, 6.07) is 8.38. The molecule has 1 aromatic heterocycles. The van der Waals surface area contributed by atoms with Gasteiger partial charge in [0.2, 0.25) is 10.0 Å². The number of nitrogens with zero attached hydrogens (tertiary/aromatic N) is 2. The zero-order valence-corrected chi connectivity index (χ0v) is 15.2. The molecule has 6 nitrogen and oxygen atoms in total. The fourth-order valence-electron chi connectivity index (χ4n) is 2.22. The molecular weight excluding hydrogens is 326 g/mol. The summed E-state index contributed by atoms with van der Waals surface area (Å²) < 4.78 is 26.1. The number of carbonyl (C=O) groups is 1. The van der Waals surface area contributed by atoms with Gasteiger partial charge in [0.1, 0.15) is 5.82 Å². The Morgan fingerprint density at radius 1 is 1.12 bits per heavy atom. The second-order valence-electron chi connectivity index (χ2n) is 5.82. The van der Waals surface area contributed by atoms with Crippen LogP contribution in [0.3, 0.4) is 0 Å². The van der Waals surface area contributed by atoms with Crippen LogP contribution in [0.1, 0.15) is 27.2 Å². The van der Waals surface area contributed by atoms with E-state index in [2.05, 4.69) is 10.3 Å². The van der Waals surface area contributed by atoms with Crippen molar-refractivity contribution in [3.63, 3.8) is 0 Å². The molecule has 0 radical (unpaired) electrons. The molecule has 0 spiro atoms. The normalized spacial score (nSPS) is 11.6. The monoisotopic (exact) mass is 347 g/mol. The summed E-state index contributed by atoms with van der Waals surface area (Å²) in [5, 5.41) is 2.70. The third-order valence-electron chi connectivity index (χ3n) is 3.77. The Hall–Kier alpha value is -2.25. The predicted octanol–water partition coefficient (Wildman–Crippen LogP) is 2.51. The number of rotatable bonds is 4. The SMILES string of the molecule is Cc1cccc(NC(=O)c2cc(C)c(C)c(S(=O)(=O)N(C)C)c2)n1. The molecule has 1 heterocycles. The van der Waals surface area contributed by atoms with Gasteiger partial charge in [-0.05, 0) is 56.2 Å². The zero-order valence-electron chi connectivity index (χ0n) is 14.4. The van der Waals surface area contributed by atoms with Gasteiger partial charge in [0.15, 0.2) is 0 Å².